The molecule has 0 amide bonds. The molecule has 0 bridgehead atoms. The predicted molar refractivity (Wildman–Crippen MR) is 269 cm³/mol. The molecule has 64 heavy (non-hydrogen) atoms. The summed E-state index contributed by atoms with van der Waals surface area (Å²) < 4.78 is 14.2. The lowest BCUT2D eigenvalue weighted by molar-refractivity contribution is 0.465. The molecule has 304 valence electrons. The molecule has 4 heteroatoms. The Bertz CT molecular complexity index is 3270. The fraction of sp³-hybridized carbons (Fsp3) is 0.0667. The first kappa shape index (κ1) is 37.9. The Labute approximate surface area is 374 Å². The van der Waals surface area contributed by atoms with E-state index < -0.39 is 0 Å². The molecule has 10 aromatic carbocycles. The summed E-state index contributed by atoms with van der Waals surface area (Å²) in [6.07, 6.45) is 0. The van der Waals surface area contributed by atoms with E-state index >= 15 is 0 Å². The Morgan fingerprint density at radius 1 is 0.344 bits per heavy atom. The van der Waals surface area contributed by atoms with Crippen LogP contribution >= 0.6 is 0 Å². The van der Waals surface area contributed by atoms with Crippen LogP contribution in [-0.2, 0) is 5.41 Å². The summed E-state index contributed by atoms with van der Waals surface area (Å²) in [5, 5.41) is 4.88. The van der Waals surface area contributed by atoms with Crippen molar-refractivity contribution in [3.63, 3.8) is 0 Å². The van der Waals surface area contributed by atoms with Gasteiger partial charge in [-0.3, -0.25) is 0 Å². The fourth-order valence-electron chi connectivity index (χ4n) is 9.70. The average Bonchev–Trinajstić information content (AvgIpc) is 3.33. The van der Waals surface area contributed by atoms with Gasteiger partial charge in [-0.15, -0.1) is 0 Å². The van der Waals surface area contributed by atoms with Crippen LogP contribution in [0.4, 0.5) is 17.1 Å². The SMILES string of the molecule is CC(C)(C)c1ccc(N(c2ccc(-c3ccccc3)cc2)c2cc3c4c(c2)Oc2cc(-c5ccc6ccccc6c5)ccc2B4c2ccc(-c4ccc5ccccc5c4)cc2O3)cc1. The van der Waals surface area contributed by atoms with E-state index in [1.54, 1.807) is 0 Å². The van der Waals surface area contributed by atoms with Crippen molar-refractivity contribution in [1.82, 2.24) is 0 Å². The Morgan fingerprint density at radius 3 is 1.28 bits per heavy atom. The highest BCUT2D eigenvalue weighted by Gasteiger charge is 2.41. The van der Waals surface area contributed by atoms with Gasteiger partial charge in [0.2, 0.25) is 0 Å². The van der Waals surface area contributed by atoms with Crippen molar-refractivity contribution in [1.29, 1.82) is 0 Å². The fourth-order valence-corrected chi connectivity index (χ4v) is 9.70. The molecule has 0 fully saturated rings. The highest BCUT2D eigenvalue weighted by atomic mass is 16.5. The minimum absolute atomic E-state index is 0.0194. The van der Waals surface area contributed by atoms with E-state index in [1.165, 1.54) is 38.2 Å². The minimum Gasteiger partial charge on any atom is -0.458 e. The zero-order valence-electron chi connectivity index (χ0n) is 36.0. The standard InChI is InChI=1S/C60H44BNO2/c1-60(2,3)49-25-29-51(30-26-49)62(50-27-21-42(22-28-50)39-11-5-4-6-12-39)52-37-57-59-58(38-52)64-56-36-48(46-20-18-41-14-8-10-16-44(41)34-46)24-32-54(56)61(59)53-31-23-47(35-55(53)63-57)45-19-17-40-13-7-9-15-43(40)33-45/h4-38H,1-3H3. The smallest absolute Gasteiger partial charge is 0.260 e. The van der Waals surface area contributed by atoms with Crippen LogP contribution in [0.25, 0.3) is 54.9 Å². The quantitative estimate of drug-likeness (QED) is 0.156. The molecule has 0 N–H and O–H groups in total. The van der Waals surface area contributed by atoms with Gasteiger partial charge in [0.15, 0.2) is 0 Å². The zero-order chi connectivity index (χ0) is 42.9. The minimum atomic E-state index is -0.0902. The first-order valence-corrected chi connectivity index (χ1v) is 22.2. The van der Waals surface area contributed by atoms with Gasteiger partial charge in [-0.05, 0) is 125 Å². The average molecular weight is 822 g/mol. The van der Waals surface area contributed by atoms with Crippen molar-refractivity contribution in [2.45, 2.75) is 26.2 Å². The van der Waals surface area contributed by atoms with E-state index in [9.17, 15) is 0 Å². The van der Waals surface area contributed by atoms with E-state index in [1.807, 2.05) is 0 Å². The third-order valence-electron chi connectivity index (χ3n) is 13.1. The van der Waals surface area contributed by atoms with Gasteiger partial charge in [-0.2, -0.15) is 0 Å². The van der Waals surface area contributed by atoms with Crippen molar-refractivity contribution in [2.24, 2.45) is 0 Å². The van der Waals surface area contributed by atoms with Gasteiger partial charge in [0, 0.05) is 29.0 Å². The second kappa shape index (κ2) is 14.9. The van der Waals surface area contributed by atoms with E-state index in [2.05, 4.69) is 238 Å². The van der Waals surface area contributed by atoms with E-state index in [0.717, 1.165) is 78.7 Å². The van der Waals surface area contributed by atoms with Crippen molar-refractivity contribution < 1.29 is 9.47 Å². The number of fused-ring (bicyclic) bond motifs is 6. The Balaban J connectivity index is 1.03. The maximum Gasteiger partial charge on any atom is 0.260 e. The molecule has 0 aliphatic carbocycles. The molecule has 2 aliphatic rings. The van der Waals surface area contributed by atoms with Crippen LogP contribution < -0.4 is 30.8 Å². The molecular weight excluding hydrogens is 777 g/mol. The Hall–Kier alpha value is -7.82. The number of nitrogens with zero attached hydrogens (tertiary/aromatic N) is 1. The van der Waals surface area contributed by atoms with Gasteiger partial charge in [0.1, 0.15) is 23.0 Å². The van der Waals surface area contributed by atoms with Gasteiger partial charge in [-0.1, -0.05) is 172 Å². The van der Waals surface area contributed by atoms with Gasteiger partial charge in [-0.25, -0.2) is 0 Å². The normalized spacial score (nSPS) is 12.5. The maximum atomic E-state index is 7.12. The van der Waals surface area contributed by atoms with Crippen molar-refractivity contribution in [2.75, 3.05) is 4.90 Å². The van der Waals surface area contributed by atoms with E-state index in [0.29, 0.717) is 0 Å². The van der Waals surface area contributed by atoms with Crippen LogP contribution in [0, 0.1) is 0 Å². The predicted octanol–water partition coefficient (Wildman–Crippen LogP) is 14.5. The highest BCUT2D eigenvalue weighted by Crippen LogP contribution is 2.44. The molecule has 0 saturated heterocycles. The molecule has 2 aliphatic heterocycles. The lowest BCUT2D eigenvalue weighted by atomic mass is 9.34. The second-order valence-electron chi connectivity index (χ2n) is 18.2. The monoisotopic (exact) mass is 821 g/mol. The summed E-state index contributed by atoms with van der Waals surface area (Å²) in [4.78, 5) is 2.32. The summed E-state index contributed by atoms with van der Waals surface area (Å²) in [6, 6.07) is 76.6. The lowest BCUT2D eigenvalue weighted by Gasteiger charge is -2.35. The molecule has 0 radical (unpaired) electrons. The van der Waals surface area contributed by atoms with Gasteiger partial charge in [0.05, 0.1) is 5.69 Å². The van der Waals surface area contributed by atoms with Gasteiger partial charge < -0.3 is 14.4 Å². The number of benzene rings is 10. The van der Waals surface area contributed by atoms with Crippen LogP contribution in [0.2, 0.25) is 0 Å². The van der Waals surface area contributed by atoms with Crippen LogP contribution in [0.3, 0.4) is 0 Å². The summed E-state index contributed by atoms with van der Waals surface area (Å²) in [6.45, 7) is 6.68. The first-order valence-electron chi connectivity index (χ1n) is 22.2. The van der Waals surface area contributed by atoms with Crippen LogP contribution in [-0.4, -0.2) is 6.71 Å². The molecule has 3 nitrogen and oxygen atoms in total. The Morgan fingerprint density at radius 2 is 0.766 bits per heavy atom. The Kier molecular flexibility index (Phi) is 8.84. The number of hydrogen-bond donors (Lipinski definition) is 0. The molecule has 0 unspecified atom stereocenters. The molecule has 0 atom stereocenters. The molecule has 0 saturated carbocycles. The first-order chi connectivity index (χ1) is 31.3. The topological polar surface area (TPSA) is 21.7 Å². The maximum absolute atomic E-state index is 7.12. The largest absolute Gasteiger partial charge is 0.458 e. The molecule has 0 spiro atoms. The van der Waals surface area contributed by atoms with E-state index in [-0.39, 0.29) is 12.1 Å². The van der Waals surface area contributed by atoms with Crippen molar-refractivity contribution in [3.05, 3.63) is 218 Å². The number of anilines is 3. The van der Waals surface area contributed by atoms with Crippen LogP contribution in [0.1, 0.15) is 26.3 Å². The van der Waals surface area contributed by atoms with Gasteiger partial charge >= 0.3 is 0 Å². The number of hydrogen-bond acceptors (Lipinski definition) is 3. The van der Waals surface area contributed by atoms with Crippen molar-refractivity contribution >= 4 is 61.7 Å². The van der Waals surface area contributed by atoms with Crippen LogP contribution in [0.15, 0.2) is 212 Å². The molecular formula is C60H44BNO2. The van der Waals surface area contributed by atoms with Crippen LogP contribution in [0.5, 0.6) is 23.0 Å². The number of ether oxygens (including phenoxy) is 2. The summed E-state index contributed by atoms with van der Waals surface area (Å²) in [5.74, 6) is 3.29. The second-order valence-corrected chi connectivity index (χ2v) is 18.2. The lowest BCUT2D eigenvalue weighted by Crippen LogP contribution is -2.57. The third kappa shape index (κ3) is 6.62. The zero-order valence-corrected chi connectivity index (χ0v) is 36.0. The summed E-state index contributed by atoms with van der Waals surface area (Å²) in [5.41, 5.74) is 14.5. The molecule has 2 heterocycles. The molecule has 0 aromatic heterocycles. The number of rotatable bonds is 6. The summed E-state index contributed by atoms with van der Waals surface area (Å²) in [7, 11) is 0. The van der Waals surface area contributed by atoms with E-state index in [4.69, 9.17) is 9.47 Å². The van der Waals surface area contributed by atoms with Gasteiger partial charge in [0.25, 0.3) is 6.71 Å². The van der Waals surface area contributed by atoms with Crippen molar-refractivity contribution in [3.8, 4) is 56.4 Å². The highest BCUT2D eigenvalue weighted by molar-refractivity contribution is 6.98. The summed E-state index contributed by atoms with van der Waals surface area (Å²) >= 11 is 0. The third-order valence-corrected chi connectivity index (χ3v) is 13.1. The molecule has 10 aromatic rings. The molecule has 12 rings (SSSR count).